The molecule has 1 aliphatic rings. The predicted molar refractivity (Wildman–Crippen MR) is 253 cm³/mol. The van der Waals surface area contributed by atoms with E-state index in [0.717, 1.165) is 49.8 Å². The summed E-state index contributed by atoms with van der Waals surface area (Å²) in [6, 6.07) is 82.3. The molecule has 0 unspecified atom stereocenters. The smallest absolute Gasteiger partial charge is 0.164 e. The fourth-order valence-corrected chi connectivity index (χ4v) is 9.76. The second-order valence-corrected chi connectivity index (χ2v) is 16.0. The van der Waals surface area contributed by atoms with E-state index in [-0.39, 0.29) is 0 Å². The minimum atomic E-state index is -0.535. The monoisotopic (exact) mass is 790 g/mol. The van der Waals surface area contributed by atoms with Crippen LogP contribution < -0.4 is 0 Å². The zero-order chi connectivity index (χ0) is 41.0. The average Bonchev–Trinajstić information content (AvgIpc) is 3.70. The third-order valence-corrected chi connectivity index (χ3v) is 12.5. The normalized spacial score (nSPS) is 12.6. The minimum Gasteiger partial charge on any atom is -0.309 e. The van der Waals surface area contributed by atoms with E-state index < -0.39 is 5.41 Å². The lowest BCUT2D eigenvalue weighted by atomic mass is 9.63. The summed E-state index contributed by atoms with van der Waals surface area (Å²) in [6.45, 7) is 0. The molecule has 11 aromatic rings. The second-order valence-electron chi connectivity index (χ2n) is 16.0. The van der Waals surface area contributed by atoms with Crippen LogP contribution >= 0.6 is 0 Å². The molecule has 62 heavy (non-hydrogen) atoms. The van der Waals surface area contributed by atoms with Crippen LogP contribution in [0, 0.1) is 0 Å². The number of rotatable bonds is 7. The number of hydrogen-bond acceptors (Lipinski definition) is 3. The molecule has 1 aliphatic heterocycles. The van der Waals surface area contributed by atoms with E-state index >= 15 is 0 Å². The van der Waals surface area contributed by atoms with Gasteiger partial charge in [-0.3, -0.25) is 0 Å². The Kier molecular flexibility index (Phi) is 8.36. The molecule has 0 saturated carbocycles. The molecule has 2 aromatic heterocycles. The van der Waals surface area contributed by atoms with Gasteiger partial charge in [0.2, 0.25) is 0 Å². The Morgan fingerprint density at radius 3 is 1.31 bits per heavy atom. The molecule has 12 rings (SSSR count). The van der Waals surface area contributed by atoms with Crippen molar-refractivity contribution in [2.45, 2.75) is 5.41 Å². The zero-order valence-electron chi connectivity index (χ0n) is 33.7. The number of aromatic nitrogens is 4. The van der Waals surface area contributed by atoms with Crippen LogP contribution in [0.15, 0.2) is 231 Å². The topological polar surface area (TPSA) is 43.6 Å². The van der Waals surface area contributed by atoms with E-state index in [1.165, 1.54) is 38.8 Å². The van der Waals surface area contributed by atoms with Crippen LogP contribution in [0.5, 0.6) is 0 Å². The lowest BCUT2D eigenvalue weighted by Crippen LogP contribution is -2.35. The van der Waals surface area contributed by atoms with Crippen LogP contribution in [-0.2, 0) is 5.41 Å². The van der Waals surface area contributed by atoms with Crippen LogP contribution in [-0.4, -0.2) is 19.5 Å². The third-order valence-electron chi connectivity index (χ3n) is 12.5. The number of nitrogens with zero attached hydrogens (tertiary/aromatic N) is 4. The molecule has 0 N–H and O–H groups in total. The molecule has 0 saturated heterocycles. The Bertz CT molecular complexity index is 3310. The minimum absolute atomic E-state index is 0.535. The summed E-state index contributed by atoms with van der Waals surface area (Å²) in [5.41, 5.74) is 15.2. The SMILES string of the molecule is c1ccc(-c2cccc(-c3nc(-c4cccc(-c5ccccc5)c4)nc(-c4ccc5c(c4)c4cccc6c4n5-c4ccccc4C6(c4ccccc4)c4ccccc4)n3)c2)cc1. The molecular weight excluding hydrogens is 753 g/mol. The van der Waals surface area contributed by atoms with Crippen molar-refractivity contribution in [2.24, 2.45) is 0 Å². The van der Waals surface area contributed by atoms with Crippen molar-refractivity contribution in [3.8, 4) is 62.1 Å². The van der Waals surface area contributed by atoms with E-state index in [1.54, 1.807) is 0 Å². The van der Waals surface area contributed by atoms with Crippen LogP contribution in [0.2, 0.25) is 0 Å². The van der Waals surface area contributed by atoms with Crippen molar-refractivity contribution in [3.63, 3.8) is 0 Å². The predicted octanol–water partition coefficient (Wildman–Crippen LogP) is 14.0. The summed E-state index contributed by atoms with van der Waals surface area (Å²) >= 11 is 0. The first kappa shape index (κ1) is 35.7. The van der Waals surface area contributed by atoms with Gasteiger partial charge in [0.1, 0.15) is 0 Å². The van der Waals surface area contributed by atoms with E-state index in [2.05, 4.69) is 223 Å². The van der Waals surface area contributed by atoms with E-state index in [1.807, 2.05) is 12.1 Å². The third kappa shape index (κ3) is 5.65. The standard InChI is InChI=1S/C58H38N4/c1-5-18-39(19-6-1)41-22-15-24-43(36-41)55-59-56(44-25-16-23-42(37-44)40-20-7-2-8-21-40)61-57(60-55)45-34-35-52-49(38-45)48-30-17-32-51-54(48)62(52)53-33-14-13-31-50(53)58(51,46-26-9-3-10-27-46)47-28-11-4-12-29-47/h1-38H. The van der Waals surface area contributed by atoms with Crippen LogP contribution in [0.1, 0.15) is 22.3 Å². The lowest BCUT2D eigenvalue weighted by Gasteiger charge is -2.41. The maximum atomic E-state index is 5.27. The quantitative estimate of drug-likeness (QED) is 0.161. The lowest BCUT2D eigenvalue weighted by molar-refractivity contribution is 0.728. The van der Waals surface area contributed by atoms with Crippen molar-refractivity contribution in [3.05, 3.63) is 253 Å². The van der Waals surface area contributed by atoms with Crippen molar-refractivity contribution in [2.75, 3.05) is 0 Å². The molecule has 0 fully saturated rings. The van der Waals surface area contributed by atoms with E-state index in [0.29, 0.717) is 17.5 Å². The van der Waals surface area contributed by atoms with Gasteiger partial charge in [-0.25, -0.2) is 15.0 Å². The largest absolute Gasteiger partial charge is 0.309 e. The number of hydrogen-bond donors (Lipinski definition) is 0. The van der Waals surface area contributed by atoms with Crippen molar-refractivity contribution in [1.82, 2.24) is 19.5 Å². The Morgan fingerprint density at radius 1 is 0.306 bits per heavy atom. The maximum absolute atomic E-state index is 5.27. The summed E-state index contributed by atoms with van der Waals surface area (Å²) in [7, 11) is 0. The fourth-order valence-electron chi connectivity index (χ4n) is 9.76. The summed E-state index contributed by atoms with van der Waals surface area (Å²) in [6.07, 6.45) is 0. The van der Waals surface area contributed by atoms with Gasteiger partial charge < -0.3 is 4.57 Å². The summed E-state index contributed by atoms with van der Waals surface area (Å²) in [5, 5.41) is 2.33. The Morgan fingerprint density at radius 2 is 0.742 bits per heavy atom. The second kappa shape index (κ2) is 14.5. The molecule has 3 heterocycles. The molecule has 0 bridgehead atoms. The molecule has 0 amide bonds. The first-order valence-corrected chi connectivity index (χ1v) is 21.1. The molecule has 0 aliphatic carbocycles. The van der Waals surface area contributed by atoms with Crippen molar-refractivity contribution < 1.29 is 0 Å². The molecular formula is C58H38N4. The van der Waals surface area contributed by atoms with Gasteiger partial charge in [-0.1, -0.05) is 194 Å². The fraction of sp³-hybridized carbons (Fsp3) is 0.0172. The zero-order valence-corrected chi connectivity index (χ0v) is 33.7. The highest BCUT2D eigenvalue weighted by atomic mass is 15.0. The van der Waals surface area contributed by atoms with Gasteiger partial charge in [0, 0.05) is 27.5 Å². The van der Waals surface area contributed by atoms with Gasteiger partial charge in [-0.2, -0.15) is 0 Å². The number of para-hydroxylation sites is 2. The Labute approximate surface area is 360 Å². The molecule has 0 atom stereocenters. The maximum Gasteiger partial charge on any atom is 0.164 e. The highest BCUT2D eigenvalue weighted by molar-refractivity contribution is 6.13. The van der Waals surface area contributed by atoms with Crippen LogP contribution in [0.4, 0.5) is 0 Å². The van der Waals surface area contributed by atoms with Gasteiger partial charge in [-0.05, 0) is 80.9 Å². The summed E-state index contributed by atoms with van der Waals surface area (Å²) in [5.74, 6) is 1.87. The van der Waals surface area contributed by atoms with Crippen molar-refractivity contribution in [1.29, 1.82) is 0 Å². The molecule has 0 spiro atoms. The van der Waals surface area contributed by atoms with Crippen LogP contribution in [0.3, 0.4) is 0 Å². The van der Waals surface area contributed by atoms with Gasteiger partial charge >= 0.3 is 0 Å². The molecule has 4 heteroatoms. The molecule has 4 nitrogen and oxygen atoms in total. The summed E-state index contributed by atoms with van der Waals surface area (Å²) in [4.78, 5) is 15.7. The van der Waals surface area contributed by atoms with Gasteiger partial charge in [-0.15, -0.1) is 0 Å². The number of benzene rings is 9. The summed E-state index contributed by atoms with van der Waals surface area (Å²) < 4.78 is 2.47. The van der Waals surface area contributed by atoms with Gasteiger partial charge in [0.15, 0.2) is 17.5 Å². The van der Waals surface area contributed by atoms with Gasteiger partial charge in [0.25, 0.3) is 0 Å². The molecule has 290 valence electrons. The van der Waals surface area contributed by atoms with Gasteiger partial charge in [0.05, 0.1) is 22.1 Å². The Hall–Kier alpha value is -8.21. The van der Waals surface area contributed by atoms with E-state index in [4.69, 9.17) is 15.0 Å². The molecule has 9 aromatic carbocycles. The Balaban J connectivity index is 1.09. The average molecular weight is 791 g/mol. The van der Waals surface area contributed by atoms with E-state index in [9.17, 15) is 0 Å². The number of fused-ring (bicyclic) bond motifs is 5. The molecule has 0 radical (unpaired) electrons. The first-order chi connectivity index (χ1) is 30.7. The highest BCUT2D eigenvalue weighted by Crippen LogP contribution is 2.54. The van der Waals surface area contributed by atoms with Crippen LogP contribution in [0.25, 0.3) is 83.9 Å². The van der Waals surface area contributed by atoms with Crippen molar-refractivity contribution >= 4 is 21.8 Å². The highest BCUT2D eigenvalue weighted by Gasteiger charge is 2.45. The first-order valence-electron chi connectivity index (χ1n) is 21.1.